The fourth-order valence-electron chi connectivity index (χ4n) is 3.40. The Morgan fingerprint density at radius 2 is 0.926 bits per heavy atom. The normalized spacial score (nSPS) is 10.5. The van der Waals surface area contributed by atoms with Gasteiger partial charge in [-0.05, 0) is 47.8 Å². The van der Waals surface area contributed by atoms with E-state index in [0.29, 0.717) is 0 Å². The Morgan fingerprint density at radius 1 is 0.519 bits per heavy atom. The first kappa shape index (κ1) is 21.7. The Morgan fingerprint density at radius 3 is 1.26 bits per heavy atom. The van der Waals surface area contributed by atoms with Crippen molar-refractivity contribution in [1.82, 2.24) is 0 Å². The Bertz CT molecular complexity index is 814. The average Bonchev–Trinajstić information content (AvgIpc) is 3.21. The van der Waals surface area contributed by atoms with Gasteiger partial charge in [0.2, 0.25) is 0 Å². The lowest BCUT2D eigenvalue weighted by Gasteiger charge is -2.27. The molecule has 1 aromatic heterocycles. The van der Waals surface area contributed by atoms with Crippen LogP contribution in [0, 0.1) is 0 Å². The van der Waals surface area contributed by atoms with Crippen molar-refractivity contribution in [2.24, 2.45) is 0 Å². The van der Waals surface area contributed by atoms with Gasteiger partial charge in [0.15, 0.2) is 0 Å². The molecule has 3 aromatic carbocycles. The summed E-state index contributed by atoms with van der Waals surface area (Å²) in [4.78, 5) is 1.45. The van der Waals surface area contributed by atoms with E-state index in [9.17, 15) is 0 Å². The predicted octanol–water partition coefficient (Wildman–Crippen LogP) is 6.09. The fourth-order valence-corrected chi connectivity index (χ4v) is 8.83. The van der Waals surface area contributed by atoms with Crippen LogP contribution in [0.1, 0.15) is 4.88 Å². The monoisotopic (exact) mass is 431 g/mol. The summed E-state index contributed by atoms with van der Waals surface area (Å²) in [5, 5.41) is 6.52. The van der Waals surface area contributed by atoms with Gasteiger partial charge in [-0.1, -0.05) is 60.7 Å². The van der Waals surface area contributed by atoms with Crippen LogP contribution >= 0.6 is 43.4 Å². The second kappa shape index (κ2) is 10.1. The van der Waals surface area contributed by atoms with Crippen LogP contribution in [0.2, 0.25) is 0 Å². The zero-order valence-corrected chi connectivity index (χ0v) is 18.1. The van der Waals surface area contributed by atoms with Crippen LogP contribution in [0.4, 0.5) is 0 Å². The zero-order chi connectivity index (χ0) is 17.0. The summed E-state index contributed by atoms with van der Waals surface area (Å²) in [7, 11) is -1.73. The molecule has 0 spiro atoms. The highest BCUT2D eigenvalue weighted by molar-refractivity contribution is 7.95. The number of benzene rings is 3. The van der Waals surface area contributed by atoms with Gasteiger partial charge in [0, 0.05) is 4.88 Å². The molecule has 0 N–H and O–H groups in total. The van der Waals surface area contributed by atoms with Crippen LogP contribution in [-0.4, -0.2) is 0 Å². The van der Waals surface area contributed by atoms with Gasteiger partial charge in [0.1, 0.15) is 29.3 Å². The van der Waals surface area contributed by atoms with Crippen molar-refractivity contribution >= 4 is 59.3 Å². The molecule has 0 saturated heterocycles. The molecular weight excluding hydrogens is 410 g/mol. The summed E-state index contributed by atoms with van der Waals surface area (Å²) in [5.74, 6) is 0. The summed E-state index contributed by atoms with van der Waals surface area (Å²) in [6.07, 6.45) is 1.07. The molecule has 0 amide bonds. The standard InChI is InChI=1S/C23H20PS.2ClH/c1-4-11-20(12-5-1)24(19-23-17-10-18-25-23,21-13-6-2-7-14-21)22-15-8-3-9-16-22;;/h1-18H,19H2;2*1H/q+1;;. The van der Waals surface area contributed by atoms with Crippen LogP contribution in [0.15, 0.2) is 109 Å². The van der Waals surface area contributed by atoms with Gasteiger partial charge in [-0.3, -0.25) is 0 Å². The topological polar surface area (TPSA) is 0 Å². The maximum atomic E-state index is 2.31. The van der Waals surface area contributed by atoms with Crippen LogP contribution in [-0.2, 0) is 6.16 Å². The van der Waals surface area contributed by atoms with E-state index in [-0.39, 0.29) is 24.8 Å². The molecule has 0 fully saturated rings. The molecule has 4 rings (SSSR count). The first-order chi connectivity index (χ1) is 12.4. The Hall–Kier alpha value is -1.63. The lowest BCUT2D eigenvalue weighted by Crippen LogP contribution is -2.32. The van der Waals surface area contributed by atoms with Gasteiger partial charge in [-0.25, -0.2) is 0 Å². The molecule has 0 unspecified atom stereocenters. The van der Waals surface area contributed by atoms with E-state index in [2.05, 4.69) is 109 Å². The molecular formula is C23H22Cl2PS+. The van der Waals surface area contributed by atoms with Crippen molar-refractivity contribution in [1.29, 1.82) is 0 Å². The lowest BCUT2D eigenvalue weighted by molar-refractivity contribution is 1.50. The highest BCUT2D eigenvalue weighted by atomic mass is 35.5. The van der Waals surface area contributed by atoms with Crippen LogP contribution < -0.4 is 15.9 Å². The third kappa shape index (κ3) is 4.45. The zero-order valence-electron chi connectivity index (χ0n) is 14.8. The first-order valence-electron chi connectivity index (χ1n) is 8.47. The fraction of sp³-hybridized carbons (Fsp3) is 0.0435. The molecule has 4 aromatic rings. The van der Waals surface area contributed by atoms with Gasteiger partial charge in [-0.15, -0.1) is 36.2 Å². The second-order valence-corrected chi connectivity index (χ2v) is 10.6. The summed E-state index contributed by atoms with van der Waals surface area (Å²) >= 11 is 1.86. The maximum absolute atomic E-state index is 2.31. The predicted molar refractivity (Wildman–Crippen MR) is 128 cm³/mol. The molecule has 0 aliphatic carbocycles. The van der Waals surface area contributed by atoms with Crippen molar-refractivity contribution in [3.05, 3.63) is 113 Å². The van der Waals surface area contributed by atoms with E-state index in [4.69, 9.17) is 0 Å². The lowest BCUT2D eigenvalue weighted by atomic mass is 10.4. The van der Waals surface area contributed by atoms with E-state index in [1.165, 1.54) is 20.8 Å². The molecule has 0 nitrogen and oxygen atoms in total. The molecule has 4 heteroatoms. The number of rotatable bonds is 5. The Kier molecular flexibility index (Phi) is 8.07. The van der Waals surface area contributed by atoms with E-state index in [1.54, 1.807) is 0 Å². The van der Waals surface area contributed by atoms with Gasteiger partial charge >= 0.3 is 0 Å². The van der Waals surface area contributed by atoms with Gasteiger partial charge in [-0.2, -0.15) is 0 Å². The quantitative estimate of drug-likeness (QED) is 0.335. The first-order valence-corrected chi connectivity index (χ1v) is 11.3. The number of thiophene rings is 1. The van der Waals surface area contributed by atoms with Crippen molar-refractivity contribution in [3.8, 4) is 0 Å². The molecule has 0 radical (unpaired) electrons. The molecule has 0 atom stereocenters. The molecule has 0 aliphatic heterocycles. The van der Waals surface area contributed by atoms with Crippen LogP contribution in [0.3, 0.4) is 0 Å². The molecule has 27 heavy (non-hydrogen) atoms. The van der Waals surface area contributed by atoms with Crippen molar-refractivity contribution in [3.63, 3.8) is 0 Å². The second-order valence-electron chi connectivity index (χ2n) is 6.05. The van der Waals surface area contributed by atoms with Gasteiger partial charge in [0.25, 0.3) is 0 Å². The number of hydrogen-bond donors (Lipinski definition) is 0. The molecule has 0 bridgehead atoms. The van der Waals surface area contributed by atoms with Gasteiger partial charge < -0.3 is 0 Å². The summed E-state index contributed by atoms with van der Waals surface area (Å²) in [5.41, 5.74) is 0. The molecule has 1 heterocycles. The number of hydrogen-bond acceptors (Lipinski definition) is 1. The largest absolute Gasteiger partial charge is 0.147 e. The Labute approximate surface area is 178 Å². The highest BCUT2D eigenvalue weighted by Gasteiger charge is 2.45. The summed E-state index contributed by atoms with van der Waals surface area (Å²) in [6, 6.07) is 37.6. The van der Waals surface area contributed by atoms with Crippen molar-refractivity contribution in [2.75, 3.05) is 0 Å². The summed E-state index contributed by atoms with van der Waals surface area (Å²) in [6.45, 7) is 0. The SMILES string of the molecule is Cl.Cl.c1ccc([P+](Cc2cccs2)(c2ccccc2)c2ccccc2)cc1. The molecule has 0 aliphatic rings. The minimum absolute atomic E-state index is 0. The average molecular weight is 432 g/mol. The smallest absolute Gasteiger partial charge is 0.117 e. The third-order valence-corrected chi connectivity index (χ3v) is 10.0. The number of halogens is 2. The summed E-state index contributed by atoms with van der Waals surface area (Å²) < 4.78 is 0. The molecule has 138 valence electrons. The van der Waals surface area contributed by atoms with E-state index < -0.39 is 7.26 Å². The van der Waals surface area contributed by atoms with E-state index in [0.717, 1.165) is 6.16 Å². The van der Waals surface area contributed by atoms with Gasteiger partial charge in [0.05, 0.1) is 0 Å². The van der Waals surface area contributed by atoms with E-state index >= 15 is 0 Å². The Balaban J connectivity index is 0.00000131. The van der Waals surface area contributed by atoms with E-state index in [1.807, 2.05) is 11.3 Å². The van der Waals surface area contributed by atoms with Crippen LogP contribution in [0.5, 0.6) is 0 Å². The highest BCUT2D eigenvalue weighted by Crippen LogP contribution is 2.58. The van der Waals surface area contributed by atoms with Crippen LogP contribution in [0.25, 0.3) is 0 Å². The minimum atomic E-state index is -1.73. The maximum Gasteiger partial charge on any atom is 0.117 e. The third-order valence-electron chi connectivity index (χ3n) is 4.56. The van der Waals surface area contributed by atoms with Crippen molar-refractivity contribution < 1.29 is 0 Å². The van der Waals surface area contributed by atoms with Crippen molar-refractivity contribution in [2.45, 2.75) is 6.16 Å². The molecule has 0 saturated carbocycles. The minimum Gasteiger partial charge on any atom is -0.147 e.